The molecule has 0 saturated heterocycles. The first kappa shape index (κ1) is 9.48. The highest BCUT2D eigenvalue weighted by molar-refractivity contribution is 9.10. The van der Waals surface area contributed by atoms with Crippen molar-refractivity contribution in [1.82, 2.24) is 4.98 Å². The first-order chi connectivity index (χ1) is 5.59. The van der Waals surface area contributed by atoms with Gasteiger partial charge in [-0.05, 0) is 28.9 Å². The fourth-order valence-electron chi connectivity index (χ4n) is 0.971. The molecule has 0 bridgehead atoms. The van der Waals surface area contributed by atoms with Gasteiger partial charge >= 0.3 is 0 Å². The van der Waals surface area contributed by atoms with Gasteiger partial charge in [0.05, 0.1) is 6.10 Å². The summed E-state index contributed by atoms with van der Waals surface area (Å²) < 4.78 is 0.817. The number of hydrogen-bond acceptors (Lipinski definition) is 2. The lowest BCUT2D eigenvalue weighted by Gasteiger charge is -2.02. The molecule has 1 aromatic rings. The molecule has 0 fully saturated rings. The van der Waals surface area contributed by atoms with Crippen LogP contribution in [0, 0.1) is 0 Å². The summed E-state index contributed by atoms with van der Waals surface area (Å²) in [6, 6.07) is 1.71. The quantitative estimate of drug-likeness (QED) is 0.800. The average molecular weight is 232 g/mol. The van der Waals surface area contributed by atoms with Crippen LogP contribution in [0.25, 0.3) is 0 Å². The molecule has 1 rings (SSSR count). The third-order valence-corrected chi connectivity index (χ3v) is 1.92. The van der Waals surface area contributed by atoms with E-state index >= 15 is 0 Å². The maximum Gasteiger partial charge on any atom is 0.251 e. The van der Waals surface area contributed by atoms with Crippen molar-refractivity contribution in [3.05, 3.63) is 32.7 Å². The van der Waals surface area contributed by atoms with Gasteiger partial charge in [-0.25, -0.2) is 0 Å². The number of pyridine rings is 1. The van der Waals surface area contributed by atoms with Crippen LogP contribution in [0.1, 0.15) is 12.5 Å². The Morgan fingerprint density at radius 1 is 1.75 bits per heavy atom. The van der Waals surface area contributed by atoms with Gasteiger partial charge in [-0.3, -0.25) is 4.79 Å². The molecule has 1 atom stereocenters. The fraction of sp³-hybridized carbons (Fsp3) is 0.375. The van der Waals surface area contributed by atoms with Gasteiger partial charge in [-0.15, -0.1) is 0 Å². The summed E-state index contributed by atoms with van der Waals surface area (Å²) in [4.78, 5) is 13.7. The molecule has 0 aromatic carbocycles. The summed E-state index contributed by atoms with van der Waals surface area (Å²) in [5.41, 5.74) is 0.457. The van der Waals surface area contributed by atoms with Crippen LogP contribution in [0.2, 0.25) is 0 Å². The Kier molecular flexibility index (Phi) is 3.05. The second-order valence-electron chi connectivity index (χ2n) is 2.73. The molecule has 0 saturated carbocycles. The smallest absolute Gasteiger partial charge is 0.251 e. The van der Waals surface area contributed by atoms with E-state index in [4.69, 9.17) is 5.11 Å². The molecule has 1 heterocycles. The van der Waals surface area contributed by atoms with Crippen LogP contribution < -0.4 is 5.56 Å². The molecule has 0 spiro atoms. The first-order valence-corrected chi connectivity index (χ1v) is 4.44. The van der Waals surface area contributed by atoms with E-state index in [1.165, 1.54) is 0 Å². The molecule has 0 unspecified atom stereocenters. The Labute approximate surface area is 78.6 Å². The first-order valence-electron chi connectivity index (χ1n) is 3.65. The molecule has 12 heavy (non-hydrogen) atoms. The maximum atomic E-state index is 11.1. The topological polar surface area (TPSA) is 53.1 Å². The van der Waals surface area contributed by atoms with Gasteiger partial charge in [0.15, 0.2) is 0 Å². The van der Waals surface area contributed by atoms with Crippen molar-refractivity contribution in [2.24, 2.45) is 0 Å². The van der Waals surface area contributed by atoms with Gasteiger partial charge in [0.25, 0.3) is 5.56 Å². The van der Waals surface area contributed by atoms with E-state index in [2.05, 4.69) is 20.9 Å². The highest BCUT2D eigenvalue weighted by Crippen LogP contribution is 2.07. The standard InChI is InChI=1S/C8H10BrNO2/c1-5(11)2-6-3-7(9)4-10-8(6)12/h3-5,11H,2H2,1H3,(H,10,12)/t5-/m0/s1. The fourth-order valence-corrected chi connectivity index (χ4v) is 1.36. The van der Waals surface area contributed by atoms with Crippen LogP contribution in [-0.2, 0) is 6.42 Å². The normalized spacial score (nSPS) is 12.9. The van der Waals surface area contributed by atoms with Gasteiger partial charge < -0.3 is 10.1 Å². The van der Waals surface area contributed by atoms with E-state index in [-0.39, 0.29) is 5.56 Å². The van der Waals surface area contributed by atoms with Gasteiger partial charge in [-0.1, -0.05) is 0 Å². The summed E-state index contributed by atoms with van der Waals surface area (Å²) in [6.45, 7) is 1.65. The molecule has 0 radical (unpaired) electrons. The number of rotatable bonds is 2. The molecule has 0 aliphatic rings. The predicted molar refractivity (Wildman–Crippen MR) is 50.1 cm³/mol. The van der Waals surface area contributed by atoms with Crippen LogP contribution in [0.4, 0.5) is 0 Å². The molecule has 0 aliphatic carbocycles. The zero-order valence-electron chi connectivity index (χ0n) is 6.67. The van der Waals surface area contributed by atoms with Gasteiger partial charge in [-0.2, -0.15) is 0 Å². The molecule has 2 N–H and O–H groups in total. The van der Waals surface area contributed by atoms with E-state index in [1.54, 1.807) is 19.2 Å². The van der Waals surface area contributed by atoms with Crippen LogP contribution >= 0.6 is 15.9 Å². The second-order valence-corrected chi connectivity index (χ2v) is 3.64. The number of aliphatic hydroxyl groups is 1. The number of aliphatic hydroxyl groups excluding tert-OH is 1. The summed E-state index contributed by atoms with van der Waals surface area (Å²) in [5, 5.41) is 9.05. The Bertz CT molecular complexity index is 319. The van der Waals surface area contributed by atoms with Gasteiger partial charge in [0.2, 0.25) is 0 Å². The van der Waals surface area contributed by atoms with Crippen LogP contribution in [0.3, 0.4) is 0 Å². The van der Waals surface area contributed by atoms with Crippen molar-refractivity contribution in [1.29, 1.82) is 0 Å². The number of aromatic amines is 1. The lowest BCUT2D eigenvalue weighted by atomic mass is 10.1. The minimum absolute atomic E-state index is 0.140. The lowest BCUT2D eigenvalue weighted by Crippen LogP contribution is -2.16. The zero-order valence-corrected chi connectivity index (χ0v) is 8.26. The Balaban J connectivity index is 2.98. The number of nitrogens with one attached hydrogen (secondary N) is 1. The molecule has 4 heteroatoms. The van der Waals surface area contributed by atoms with Crippen molar-refractivity contribution < 1.29 is 5.11 Å². The highest BCUT2D eigenvalue weighted by atomic mass is 79.9. The van der Waals surface area contributed by atoms with Crippen molar-refractivity contribution in [3.63, 3.8) is 0 Å². The molecule has 0 amide bonds. The lowest BCUT2D eigenvalue weighted by molar-refractivity contribution is 0.195. The zero-order chi connectivity index (χ0) is 9.14. The van der Waals surface area contributed by atoms with Crippen molar-refractivity contribution >= 4 is 15.9 Å². The third kappa shape index (κ3) is 2.46. The number of hydrogen-bond donors (Lipinski definition) is 2. The SMILES string of the molecule is C[C@H](O)Cc1cc(Br)c[nH]c1=O. The van der Waals surface area contributed by atoms with E-state index < -0.39 is 6.10 Å². The predicted octanol–water partition coefficient (Wildman–Crippen LogP) is 1.06. The summed E-state index contributed by atoms with van der Waals surface area (Å²) in [7, 11) is 0. The van der Waals surface area contributed by atoms with Gasteiger partial charge in [0, 0.05) is 22.7 Å². The minimum atomic E-state index is -0.486. The van der Waals surface area contributed by atoms with E-state index in [9.17, 15) is 4.79 Å². The minimum Gasteiger partial charge on any atom is -0.393 e. The van der Waals surface area contributed by atoms with Crippen molar-refractivity contribution in [3.8, 4) is 0 Å². The Morgan fingerprint density at radius 3 is 3.00 bits per heavy atom. The van der Waals surface area contributed by atoms with Crippen LogP contribution in [0.15, 0.2) is 21.5 Å². The number of halogens is 1. The van der Waals surface area contributed by atoms with E-state index in [1.807, 2.05) is 0 Å². The summed E-state index contributed by atoms with van der Waals surface area (Å²) >= 11 is 3.23. The highest BCUT2D eigenvalue weighted by Gasteiger charge is 2.03. The van der Waals surface area contributed by atoms with Crippen molar-refractivity contribution in [2.75, 3.05) is 0 Å². The monoisotopic (exact) mass is 231 g/mol. The van der Waals surface area contributed by atoms with Crippen molar-refractivity contribution in [2.45, 2.75) is 19.4 Å². The third-order valence-electron chi connectivity index (χ3n) is 1.46. The van der Waals surface area contributed by atoms with E-state index in [0.29, 0.717) is 12.0 Å². The van der Waals surface area contributed by atoms with Crippen LogP contribution in [0.5, 0.6) is 0 Å². The Morgan fingerprint density at radius 2 is 2.42 bits per heavy atom. The summed E-state index contributed by atoms with van der Waals surface area (Å²) in [6.07, 6.45) is 1.48. The van der Waals surface area contributed by atoms with Crippen LogP contribution in [-0.4, -0.2) is 16.2 Å². The molecule has 0 aliphatic heterocycles. The molecule has 3 nitrogen and oxygen atoms in total. The molecule has 1 aromatic heterocycles. The number of aromatic nitrogens is 1. The Hall–Kier alpha value is -0.610. The average Bonchev–Trinajstić information content (AvgIpc) is 1.96. The molecular formula is C8H10BrNO2. The van der Waals surface area contributed by atoms with Gasteiger partial charge in [0.1, 0.15) is 0 Å². The molecular weight excluding hydrogens is 222 g/mol. The molecule has 66 valence electrons. The second kappa shape index (κ2) is 3.87. The van der Waals surface area contributed by atoms with E-state index in [0.717, 1.165) is 4.47 Å². The largest absolute Gasteiger partial charge is 0.393 e. The number of H-pyrrole nitrogens is 1. The summed E-state index contributed by atoms with van der Waals surface area (Å²) in [5.74, 6) is 0. The maximum absolute atomic E-state index is 11.1.